The molecular weight excluding hydrogens is 665 g/mol. The third-order valence-corrected chi connectivity index (χ3v) is 9.38. The van der Waals surface area contributed by atoms with Gasteiger partial charge in [0.05, 0.1) is 20.1 Å². The summed E-state index contributed by atoms with van der Waals surface area (Å²) in [7, 11) is 0. The number of amides is 1. The number of piperidine rings is 1. The first kappa shape index (κ1) is 28.8. The number of hydrogen-bond donors (Lipinski definition) is 1. The van der Waals surface area contributed by atoms with Gasteiger partial charge in [-0.15, -0.1) is 0 Å². The number of halogens is 4. The minimum Gasteiger partial charge on any atom is -0.353 e. The van der Waals surface area contributed by atoms with Crippen molar-refractivity contribution in [2.75, 3.05) is 44.2 Å². The summed E-state index contributed by atoms with van der Waals surface area (Å²) in [6, 6.07) is 16.5. The van der Waals surface area contributed by atoms with Crippen LogP contribution in [0, 0.1) is 0 Å². The van der Waals surface area contributed by atoms with Crippen LogP contribution in [0.15, 0.2) is 63.7 Å². The van der Waals surface area contributed by atoms with E-state index in [4.69, 9.17) is 23.2 Å². The van der Waals surface area contributed by atoms with Crippen molar-refractivity contribution in [1.82, 2.24) is 20.1 Å². The van der Waals surface area contributed by atoms with E-state index >= 15 is 0 Å². The maximum absolute atomic E-state index is 12.7. The zero-order valence-corrected chi connectivity index (χ0v) is 26.2. The van der Waals surface area contributed by atoms with Gasteiger partial charge < -0.3 is 10.2 Å². The second-order valence-corrected chi connectivity index (χ2v) is 12.7. The van der Waals surface area contributed by atoms with Crippen LogP contribution in [0.3, 0.4) is 0 Å². The van der Waals surface area contributed by atoms with Gasteiger partial charge in [-0.05, 0) is 83.3 Å². The van der Waals surface area contributed by atoms with Gasteiger partial charge in [-0.2, -0.15) is 0 Å². The maximum Gasteiger partial charge on any atom is 0.253 e. The van der Waals surface area contributed by atoms with Gasteiger partial charge >= 0.3 is 0 Å². The Balaban J connectivity index is 0.00000370. The molecule has 3 aromatic rings. The molecule has 2 aromatic carbocycles. The number of nitrogens with zero attached hydrogens (tertiary/aromatic N) is 4. The number of hydrogen-bond acceptors (Lipinski definition) is 5. The van der Waals surface area contributed by atoms with Crippen molar-refractivity contribution in [3.63, 3.8) is 0 Å². The number of piperazine rings is 1. The molecule has 0 radical (unpaired) electrons. The highest BCUT2D eigenvalue weighted by Crippen LogP contribution is 2.28. The number of rotatable bonds is 7. The van der Waals surface area contributed by atoms with Gasteiger partial charge in [0.1, 0.15) is 5.82 Å². The predicted octanol–water partition coefficient (Wildman–Crippen LogP) is 6.88. The molecule has 2 aliphatic rings. The Kier molecular flexibility index (Phi) is 9.85. The van der Waals surface area contributed by atoms with E-state index in [1.165, 1.54) is 18.4 Å². The summed E-state index contributed by atoms with van der Waals surface area (Å²) in [5.41, 5.74) is 2.77. The molecular formula is C29H33Br2Cl2N5O. The lowest BCUT2D eigenvalue weighted by atomic mass is 10.0. The average Bonchev–Trinajstić information content (AvgIpc) is 2.95. The molecule has 2 aliphatic heterocycles. The smallest absolute Gasteiger partial charge is 0.253 e. The molecule has 1 amide bonds. The zero-order valence-electron chi connectivity index (χ0n) is 21.6. The summed E-state index contributed by atoms with van der Waals surface area (Å²) in [6.07, 6.45) is 4.08. The Morgan fingerprint density at radius 2 is 1.62 bits per heavy atom. The Labute approximate surface area is 258 Å². The summed E-state index contributed by atoms with van der Waals surface area (Å²) < 4.78 is 1.96. The quantitative estimate of drug-likeness (QED) is 0.292. The molecule has 0 aliphatic carbocycles. The summed E-state index contributed by atoms with van der Waals surface area (Å²) in [5.74, 6) is 0.706. The van der Waals surface area contributed by atoms with E-state index < -0.39 is 0 Å². The number of carbonyl (C=O) groups is 1. The van der Waals surface area contributed by atoms with E-state index in [1.807, 2.05) is 12.1 Å². The van der Waals surface area contributed by atoms with Crippen LogP contribution in [-0.4, -0.2) is 66.0 Å². The highest BCUT2D eigenvalue weighted by molar-refractivity contribution is 9.10. The Bertz CT molecular complexity index is 1300. The van der Waals surface area contributed by atoms with E-state index in [0.29, 0.717) is 28.2 Å². The van der Waals surface area contributed by atoms with Crippen molar-refractivity contribution in [3.8, 4) is 0 Å². The van der Waals surface area contributed by atoms with Gasteiger partial charge in [-0.3, -0.25) is 14.6 Å². The van der Waals surface area contributed by atoms with Crippen molar-refractivity contribution < 1.29 is 6.22 Å². The number of likely N-dealkylation sites (tertiary alicyclic amines) is 1. The third kappa shape index (κ3) is 7.54. The molecule has 6 nitrogen and oxygen atoms in total. The van der Waals surface area contributed by atoms with Crippen LogP contribution >= 0.6 is 55.1 Å². The van der Waals surface area contributed by atoms with Crippen LogP contribution in [0.1, 0.15) is 35.8 Å². The molecule has 0 unspecified atom stereocenters. The zero-order chi connectivity index (χ0) is 27.4. The molecule has 208 valence electrons. The highest BCUT2D eigenvalue weighted by Gasteiger charge is 2.28. The van der Waals surface area contributed by atoms with Crippen LogP contribution in [0.25, 0.3) is 0 Å². The van der Waals surface area contributed by atoms with E-state index in [-0.39, 0.29) is 7.33 Å². The molecule has 39 heavy (non-hydrogen) atoms. The van der Waals surface area contributed by atoms with E-state index in [1.54, 1.807) is 18.3 Å². The standard InChI is InChI=1S/C29H31Br2Cl2N5O.H2/c30-23-4-1-20(2-5-23)19-36-9-7-24(8-10-36)37-11-13-38(14-12-37)28-25(31)16-22(18-34-28)29(39)35-17-21-3-6-26(32)27(33)15-21;/h1-6,15-16,18,24H,7-14,17,19H2,(H,35,39);1H. The number of nitrogens with one attached hydrogen (secondary N) is 1. The lowest BCUT2D eigenvalue weighted by Crippen LogP contribution is -2.53. The molecule has 0 saturated carbocycles. The van der Waals surface area contributed by atoms with E-state index in [0.717, 1.165) is 66.1 Å². The van der Waals surface area contributed by atoms with Crippen molar-refractivity contribution in [2.45, 2.75) is 32.0 Å². The van der Waals surface area contributed by atoms with Crippen LogP contribution in [0.4, 0.5) is 5.82 Å². The van der Waals surface area contributed by atoms with Crippen molar-refractivity contribution in [1.29, 1.82) is 0 Å². The Morgan fingerprint density at radius 3 is 2.28 bits per heavy atom. The monoisotopic (exact) mass is 695 g/mol. The number of pyridine rings is 1. The second kappa shape index (κ2) is 13.3. The fraction of sp³-hybridized carbons (Fsp3) is 0.379. The summed E-state index contributed by atoms with van der Waals surface area (Å²) in [4.78, 5) is 24.9. The van der Waals surface area contributed by atoms with Gasteiger partial charge in [0, 0.05) is 57.4 Å². The number of aromatic nitrogens is 1. The topological polar surface area (TPSA) is 51.7 Å². The van der Waals surface area contributed by atoms with Crippen molar-refractivity contribution in [2.24, 2.45) is 0 Å². The molecule has 1 N–H and O–H groups in total. The average molecular weight is 698 g/mol. The first-order chi connectivity index (χ1) is 18.9. The van der Waals surface area contributed by atoms with Gasteiger partial charge in [0.2, 0.25) is 0 Å². The number of anilines is 1. The minimum absolute atomic E-state index is 0. The fourth-order valence-corrected chi connectivity index (χ4v) is 6.50. The molecule has 1 aromatic heterocycles. The van der Waals surface area contributed by atoms with Gasteiger partial charge in [0.25, 0.3) is 5.91 Å². The highest BCUT2D eigenvalue weighted by atomic mass is 79.9. The largest absolute Gasteiger partial charge is 0.353 e. The number of benzene rings is 2. The van der Waals surface area contributed by atoms with Gasteiger partial charge in [-0.25, -0.2) is 4.98 Å². The first-order valence-corrected chi connectivity index (χ1v) is 15.5. The van der Waals surface area contributed by atoms with Crippen LogP contribution < -0.4 is 10.2 Å². The number of carbonyl (C=O) groups excluding carboxylic acids is 1. The normalized spacial score (nSPS) is 17.4. The lowest BCUT2D eigenvalue weighted by molar-refractivity contribution is 0.0950. The Morgan fingerprint density at radius 1 is 0.923 bits per heavy atom. The minimum atomic E-state index is -0.183. The molecule has 2 saturated heterocycles. The summed E-state index contributed by atoms with van der Waals surface area (Å²) >= 11 is 19.2. The van der Waals surface area contributed by atoms with E-state index in [9.17, 15) is 4.79 Å². The third-order valence-electron chi connectivity index (χ3n) is 7.53. The summed E-state index contributed by atoms with van der Waals surface area (Å²) in [6.45, 7) is 7.57. The molecule has 0 bridgehead atoms. The molecule has 0 atom stereocenters. The lowest BCUT2D eigenvalue weighted by Gasteiger charge is -2.43. The van der Waals surface area contributed by atoms with Crippen LogP contribution in [-0.2, 0) is 13.1 Å². The van der Waals surface area contributed by atoms with Gasteiger partial charge in [-0.1, -0.05) is 57.3 Å². The van der Waals surface area contributed by atoms with Crippen molar-refractivity contribution >= 4 is 66.8 Å². The van der Waals surface area contributed by atoms with Crippen LogP contribution in [0.5, 0.6) is 0 Å². The maximum atomic E-state index is 12.7. The second-order valence-electron chi connectivity index (χ2n) is 10.1. The van der Waals surface area contributed by atoms with Crippen LogP contribution in [0.2, 0.25) is 10.0 Å². The Hall–Kier alpha value is -1.68. The fourth-order valence-electron chi connectivity index (χ4n) is 5.31. The molecule has 2 fully saturated rings. The van der Waals surface area contributed by atoms with Gasteiger partial charge in [0.15, 0.2) is 0 Å². The predicted molar refractivity (Wildman–Crippen MR) is 168 cm³/mol. The molecule has 10 heteroatoms. The molecule has 0 spiro atoms. The molecule has 3 heterocycles. The summed E-state index contributed by atoms with van der Waals surface area (Å²) in [5, 5.41) is 3.89. The van der Waals surface area contributed by atoms with E-state index in [2.05, 4.69) is 81.1 Å². The molecule has 5 rings (SSSR count). The van der Waals surface area contributed by atoms with Crippen molar-refractivity contribution in [3.05, 3.63) is 90.4 Å². The first-order valence-electron chi connectivity index (χ1n) is 13.2. The SMILES string of the molecule is O=C(NCc1ccc(Cl)c(Cl)c1)c1cnc(N2CCN(C3CCN(Cc4ccc(Br)cc4)CC3)CC2)c(Br)c1.[HH].